The second-order valence-corrected chi connectivity index (χ2v) is 5.38. The molecule has 1 aliphatic heterocycles. The van der Waals surface area contributed by atoms with Crippen LogP contribution < -0.4 is 0 Å². The van der Waals surface area contributed by atoms with Crippen LogP contribution in [0.4, 0.5) is 0 Å². The number of carboxylic acids is 1. The van der Waals surface area contributed by atoms with Crippen molar-refractivity contribution in [2.75, 3.05) is 40.3 Å². The Morgan fingerprint density at radius 1 is 1.41 bits per heavy atom. The van der Waals surface area contributed by atoms with Gasteiger partial charge in [0.1, 0.15) is 0 Å². The van der Waals surface area contributed by atoms with E-state index in [1.54, 1.807) is 0 Å². The van der Waals surface area contributed by atoms with Gasteiger partial charge in [0.2, 0.25) is 0 Å². The quantitative estimate of drug-likeness (QED) is 0.655. The maximum Gasteiger partial charge on any atom is 0.303 e. The van der Waals surface area contributed by atoms with Gasteiger partial charge in [-0.2, -0.15) is 0 Å². The molecule has 0 aromatic rings. The van der Waals surface area contributed by atoms with E-state index in [1.165, 1.54) is 26.1 Å². The van der Waals surface area contributed by atoms with Crippen LogP contribution in [0.3, 0.4) is 0 Å². The maximum absolute atomic E-state index is 10.3. The molecule has 0 spiro atoms. The molecule has 1 fully saturated rings. The molecule has 1 aliphatic rings. The summed E-state index contributed by atoms with van der Waals surface area (Å²) in [6.45, 7) is 4.74. The van der Waals surface area contributed by atoms with Gasteiger partial charge in [-0.3, -0.25) is 4.79 Å². The van der Waals surface area contributed by atoms with Gasteiger partial charge < -0.3 is 14.9 Å². The van der Waals surface area contributed by atoms with Crippen LogP contribution in [-0.4, -0.2) is 61.2 Å². The lowest BCUT2D eigenvalue weighted by atomic mass is 10.1. The number of unbranched alkanes of at least 4 members (excludes halogenated alkanes) is 2. The fourth-order valence-electron chi connectivity index (χ4n) is 2.54. The summed E-state index contributed by atoms with van der Waals surface area (Å²) >= 11 is 0. The van der Waals surface area contributed by atoms with Gasteiger partial charge in [0.15, 0.2) is 0 Å². The average Bonchev–Trinajstić information content (AvgIpc) is 2.63. The van der Waals surface area contributed by atoms with Crippen molar-refractivity contribution < 1.29 is 9.90 Å². The molecule has 4 heteroatoms. The molecule has 0 aromatic heterocycles. The third-order valence-electron chi connectivity index (χ3n) is 3.49. The Labute approximate surface area is 105 Å². The largest absolute Gasteiger partial charge is 0.481 e. The van der Waals surface area contributed by atoms with Crippen molar-refractivity contribution in [3.63, 3.8) is 0 Å². The molecule has 0 aliphatic carbocycles. The summed E-state index contributed by atoms with van der Waals surface area (Å²) in [5.41, 5.74) is 0. The van der Waals surface area contributed by atoms with Gasteiger partial charge in [-0.1, -0.05) is 6.42 Å². The molecule has 1 heterocycles. The van der Waals surface area contributed by atoms with Gasteiger partial charge in [0.05, 0.1) is 0 Å². The van der Waals surface area contributed by atoms with Gasteiger partial charge >= 0.3 is 5.97 Å². The molecule has 1 saturated heterocycles. The molecule has 100 valence electrons. The van der Waals surface area contributed by atoms with Gasteiger partial charge in [0.25, 0.3) is 0 Å². The molecule has 0 radical (unpaired) electrons. The Morgan fingerprint density at radius 2 is 2.18 bits per heavy atom. The van der Waals surface area contributed by atoms with Crippen molar-refractivity contribution in [3.8, 4) is 0 Å². The summed E-state index contributed by atoms with van der Waals surface area (Å²) in [7, 11) is 4.36. The highest BCUT2D eigenvalue weighted by Crippen LogP contribution is 2.15. The van der Waals surface area contributed by atoms with Crippen molar-refractivity contribution in [2.45, 2.75) is 32.1 Å². The van der Waals surface area contributed by atoms with E-state index >= 15 is 0 Å². The number of aliphatic carboxylic acids is 1. The van der Waals surface area contributed by atoms with Gasteiger partial charge in [-0.05, 0) is 52.4 Å². The van der Waals surface area contributed by atoms with E-state index in [2.05, 4.69) is 23.9 Å². The topological polar surface area (TPSA) is 43.8 Å². The molecule has 0 aromatic carbocycles. The van der Waals surface area contributed by atoms with E-state index in [1.807, 2.05) is 0 Å². The zero-order valence-corrected chi connectivity index (χ0v) is 11.2. The first-order valence-electron chi connectivity index (χ1n) is 6.67. The molecule has 1 unspecified atom stereocenters. The third-order valence-corrected chi connectivity index (χ3v) is 3.49. The molecule has 1 N–H and O–H groups in total. The SMILES string of the molecule is CN(CCCCCC(=O)O)CC1CCN(C)C1. The van der Waals surface area contributed by atoms with Crippen molar-refractivity contribution in [1.29, 1.82) is 0 Å². The summed E-state index contributed by atoms with van der Waals surface area (Å²) < 4.78 is 0. The zero-order chi connectivity index (χ0) is 12.7. The monoisotopic (exact) mass is 242 g/mol. The Morgan fingerprint density at radius 3 is 2.76 bits per heavy atom. The van der Waals surface area contributed by atoms with E-state index in [0.717, 1.165) is 31.7 Å². The Kier molecular flexibility index (Phi) is 6.52. The standard InChI is InChI=1S/C13H26N2O2/c1-14(8-5-3-4-6-13(16)17)10-12-7-9-15(2)11-12/h12H,3-11H2,1-2H3,(H,16,17). The molecule has 0 saturated carbocycles. The van der Waals surface area contributed by atoms with E-state index in [-0.39, 0.29) is 0 Å². The van der Waals surface area contributed by atoms with Crippen LogP contribution in [0.5, 0.6) is 0 Å². The highest BCUT2D eigenvalue weighted by molar-refractivity contribution is 5.66. The van der Waals surface area contributed by atoms with Crippen LogP contribution in [0.1, 0.15) is 32.1 Å². The molecule has 0 amide bonds. The van der Waals surface area contributed by atoms with Crippen molar-refractivity contribution in [1.82, 2.24) is 9.80 Å². The Bertz CT molecular complexity index is 233. The smallest absolute Gasteiger partial charge is 0.303 e. The van der Waals surface area contributed by atoms with Crippen LogP contribution in [0.15, 0.2) is 0 Å². The maximum atomic E-state index is 10.3. The molecule has 1 atom stereocenters. The summed E-state index contributed by atoms with van der Waals surface area (Å²) in [6, 6.07) is 0. The number of likely N-dealkylation sites (tertiary alicyclic amines) is 1. The first-order valence-corrected chi connectivity index (χ1v) is 6.67. The van der Waals surface area contributed by atoms with Crippen LogP contribution in [0.25, 0.3) is 0 Å². The number of carbonyl (C=O) groups is 1. The number of hydrogen-bond donors (Lipinski definition) is 1. The van der Waals surface area contributed by atoms with E-state index in [9.17, 15) is 4.79 Å². The minimum absolute atomic E-state index is 0.317. The first-order chi connectivity index (χ1) is 8.08. The second kappa shape index (κ2) is 7.67. The van der Waals surface area contributed by atoms with Crippen molar-refractivity contribution in [2.24, 2.45) is 5.92 Å². The molecular weight excluding hydrogens is 216 g/mol. The predicted molar refractivity (Wildman–Crippen MR) is 69.2 cm³/mol. The molecule has 0 bridgehead atoms. The fourth-order valence-corrected chi connectivity index (χ4v) is 2.54. The summed E-state index contributed by atoms with van der Waals surface area (Å²) in [4.78, 5) is 15.1. The van der Waals surface area contributed by atoms with E-state index < -0.39 is 5.97 Å². The highest BCUT2D eigenvalue weighted by Gasteiger charge is 2.20. The lowest BCUT2D eigenvalue weighted by Gasteiger charge is -2.20. The van der Waals surface area contributed by atoms with E-state index in [0.29, 0.717) is 6.42 Å². The van der Waals surface area contributed by atoms with Gasteiger partial charge in [-0.25, -0.2) is 0 Å². The number of rotatable bonds is 8. The summed E-state index contributed by atoms with van der Waals surface area (Å²) in [5, 5.41) is 8.52. The van der Waals surface area contributed by atoms with Crippen LogP contribution in [0.2, 0.25) is 0 Å². The number of hydrogen-bond acceptors (Lipinski definition) is 3. The van der Waals surface area contributed by atoms with Gasteiger partial charge in [-0.15, -0.1) is 0 Å². The number of carboxylic acid groups (broad SMARTS) is 1. The molecule has 1 rings (SSSR count). The minimum Gasteiger partial charge on any atom is -0.481 e. The minimum atomic E-state index is -0.674. The van der Waals surface area contributed by atoms with E-state index in [4.69, 9.17) is 5.11 Å². The normalized spacial score (nSPS) is 21.2. The average molecular weight is 242 g/mol. The summed E-state index contributed by atoms with van der Waals surface area (Å²) in [5.74, 6) is 0.149. The highest BCUT2D eigenvalue weighted by atomic mass is 16.4. The summed E-state index contributed by atoms with van der Waals surface area (Å²) in [6.07, 6.45) is 4.60. The predicted octanol–water partition coefficient (Wildman–Crippen LogP) is 1.51. The van der Waals surface area contributed by atoms with Crippen LogP contribution in [0, 0.1) is 5.92 Å². The Balaban J connectivity index is 1.97. The molecule has 4 nitrogen and oxygen atoms in total. The zero-order valence-electron chi connectivity index (χ0n) is 11.2. The number of nitrogens with zero attached hydrogens (tertiary/aromatic N) is 2. The van der Waals surface area contributed by atoms with Crippen LogP contribution in [-0.2, 0) is 4.79 Å². The van der Waals surface area contributed by atoms with Crippen molar-refractivity contribution in [3.05, 3.63) is 0 Å². The molecule has 17 heavy (non-hydrogen) atoms. The van der Waals surface area contributed by atoms with Crippen LogP contribution >= 0.6 is 0 Å². The molecular formula is C13H26N2O2. The first kappa shape index (κ1) is 14.5. The lowest BCUT2D eigenvalue weighted by Crippen LogP contribution is -2.28. The third kappa shape index (κ3) is 6.64. The second-order valence-electron chi connectivity index (χ2n) is 5.38. The van der Waals surface area contributed by atoms with Gasteiger partial charge in [0, 0.05) is 19.5 Å². The Hall–Kier alpha value is -0.610. The fraction of sp³-hybridized carbons (Fsp3) is 0.923. The lowest BCUT2D eigenvalue weighted by molar-refractivity contribution is -0.137. The van der Waals surface area contributed by atoms with Crippen molar-refractivity contribution >= 4 is 5.97 Å².